The zero-order chi connectivity index (χ0) is 12.1. The maximum Gasteiger partial charge on any atom is 0.148 e. The van der Waals surface area contributed by atoms with Gasteiger partial charge in [0.05, 0.1) is 6.21 Å². The fourth-order valence-corrected chi connectivity index (χ4v) is 1.73. The Hall–Kier alpha value is -2.47. The van der Waals surface area contributed by atoms with E-state index in [1.54, 1.807) is 6.21 Å². The van der Waals surface area contributed by atoms with Gasteiger partial charge in [-0.1, -0.05) is 36.3 Å². The van der Waals surface area contributed by atoms with Crippen LogP contribution >= 0.6 is 0 Å². The number of nitrogens with two attached hydrogens (primary N) is 1. The standard InChI is InChI=1S/C14H12N2O/c1-2-9-17-14-8-7-11-5-3-4-6-12(11)13(14)10-16-15/h1,3-8,10H,9,15H2. The molecule has 0 aliphatic rings. The monoisotopic (exact) mass is 224 g/mol. The van der Waals surface area contributed by atoms with Gasteiger partial charge >= 0.3 is 0 Å². The summed E-state index contributed by atoms with van der Waals surface area (Å²) in [4.78, 5) is 0. The van der Waals surface area contributed by atoms with E-state index in [2.05, 4.69) is 11.0 Å². The van der Waals surface area contributed by atoms with Crippen molar-refractivity contribution in [1.82, 2.24) is 0 Å². The summed E-state index contributed by atoms with van der Waals surface area (Å²) in [5, 5.41) is 5.71. The molecule has 0 unspecified atom stereocenters. The molecule has 2 aromatic carbocycles. The fourth-order valence-electron chi connectivity index (χ4n) is 1.73. The third kappa shape index (κ3) is 2.21. The molecule has 0 aliphatic carbocycles. The van der Waals surface area contributed by atoms with Crippen LogP contribution in [0.3, 0.4) is 0 Å². The van der Waals surface area contributed by atoms with Crippen molar-refractivity contribution in [3.8, 4) is 18.1 Å². The third-order valence-electron chi connectivity index (χ3n) is 2.45. The summed E-state index contributed by atoms with van der Waals surface area (Å²) in [5.41, 5.74) is 0.848. The van der Waals surface area contributed by atoms with Gasteiger partial charge in [-0.3, -0.25) is 0 Å². The smallest absolute Gasteiger partial charge is 0.148 e. The first-order chi connectivity index (χ1) is 8.36. The summed E-state index contributed by atoms with van der Waals surface area (Å²) in [7, 11) is 0. The molecule has 0 bridgehead atoms. The predicted octanol–water partition coefficient (Wildman–Crippen LogP) is 2.14. The normalized spacial score (nSPS) is 10.5. The lowest BCUT2D eigenvalue weighted by Gasteiger charge is -2.09. The van der Waals surface area contributed by atoms with Crippen molar-refractivity contribution in [3.05, 3.63) is 42.0 Å². The first kappa shape index (κ1) is 11.0. The van der Waals surface area contributed by atoms with Crippen LogP contribution in [0.5, 0.6) is 5.75 Å². The van der Waals surface area contributed by atoms with Crippen LogP contribution in [0.15, 0.2) is 41.5 Å². The zero-order valence-electron chi connectivity index (χ0n) is 9.26. The Morgan fingerprint density at radius 3 is 2.88 bits per heavy atom. The van der Waals surface area contributed by atoms with Crippen molar-refractivity contribution in [2.45, 2.75) is 0 Å². The van der Waals surface area contributed by atoms with Crippen molar-refractivity contribution in [1.29, 1.82) is 0 Å². The second-order valence-corrected chi connectivity index (χ2v) is 3.47. The lowest BCUT2D eigenvalue weighted by Crippen LogP contribution is -1.99. The molecule has 0 heterocycles. The van der Waals surface area contributed by atoms with Crippen molar-refractivity contribution in [2.75, 3.05) is 6.61 Å². The number of fused-ring (bicyclic) bond motifs is 1. The van der Waals surface area contributed by atoms with Crippen molar-refractivity contribution < 1.29 is 4.74 Å². The summed E-state index contributed by atoms with van der Waals surface area (Å²) in [6, 6.07) is 11.8. The number of ether oxygens (including phenoxy) is 1. The second-order valence-electron chi connectivity index (χ2n) is 3.47. The Labute approximate surface area is 99.9 Å². The summed E-state index contributed by atoms with van der Waals surface area (Å²) >= 11 is 0. The van der Waals surface area contributed by atoms with Gasteiger partial charge in [-0.15, -0.1) is 6.42 Å². The molecule has 0 spiro atoms. The Morgan fingerprint density at radius 2 is 2.12 bits per heavy atom. The zero-order valence-corrected chi connectivity index (χ0v) is 9.26. The molecule has 0 aliphatic heterocycles. The van der Waals surface area contributed by atoms with E-state index in [1.807, 2.05) is 36.4 Å². The highest BCUT2D eigenvalue weighted by molar-refractivity contribution is 6.02. The number of hydrazone groups is 1. The second kappa shape index (κ2) is 5.04. The molecule has 2 aromatic rings. The van der Waals surface area contributed by atoms with Gasteiger partial charge < -0.3 is 10.6 Å². The number of terminal acetylenes is 1. The molecule has 2 N–H and O–H groups in total. The van der Waals surface area contributed by atoms with Crippen LogP contribution in [0.4, 0.5) is 0 Å². The summed E-state index contributed by atoms with van der Waals surface area (Å²) in [6.45, 7) is 0.226. The minimum atomic E-state index is 0.226. The van der Waals surface area contributed by atoms with Crippen LogP contribution in [0.2, 0.25) is 0 Å². The maximum absolute atomic E-state index is 5.46. The Morgan fingerprint density at radius 1 is 1.29 bits per heavy atom. The minimum absolute atomic E-state index is 0.226. The Balaban J connectivity index is 2.60. The highest BCUT2D eigenvalue weighted by Crippen LogP contribution is 2.26. The third-order valence-corrected chi connectivity index (χ3v) is 2.45. The van der Waals surface area contributed by atoms with Gasteiger partial charge in [-0.25, -0.2) is 0 Å². The first-order valence-electron chi connectivity index (χ1n) is 5.18. The van der Waals surface area contributed by atoms with Gasteiger partial charge in [0.25, 0.3) is 0 Å². The number of hydrogen-bond acceptors (Lipinski definition) is 3. The first-order valence-corrected chi connectivity index (χ1v) is 5.18. The summed E-state index contributed by atoms with van der Waals surface area (Å²) < 4.78 is 5.46. The predicted molar refractivity (Wildman–Crippen MR) is 70.1 cm³/mol. The van der Waals surface area contributed by atoms with Crippen LogP contribution in [0, 0.1) is 12.3 Å². The maximum atomic E-state index is 5.46. The molecule has 17 heavy (non-hydrogen) atoms. The van der Waals surface area contributed by atoms with E-state index in [-0.39, 0.29) is 6.61 Å². The van der Waals surface area contributed by atoms with Crippen LogP contribution in [-0.2, 0) is 0 Å². The van der Waals surface area contributed by atoms with E-state index < -0.39 is 0 Å². The van der Waals surface area contributed by atoms with E-state index in [4.69, 9.17) is 17.0 Å². The van der Waals surface area contributed by atoms with Crippen LogP contribution in [-0.4, -0.2) is 12.8 Å². The highest BCUT2D eigenvalue weighted by atomic mass is 16.5. The fraction of sp³-hybridized carbons (Fsp3) is 0.0714. The molecule has 2 rings (SSSR count). The quantitative estimate of drug-likeness (QED) is 0.376. The number of hydrogen-bond donors (Lipinski definition) is 1. The number of rotatable bonds is 3. The SMILES string of the molecule is C#CCOc1ccc2ccccc2c1C=NN. The molecule has 0 saturated carbocycles. The van der Waals surface area contributed by atoms with Crippen LogP contribution < -0.4 is 10.6 Å². The van der Waals surface area contributed by atoms with E-state index >= 15 is 0 Å². The number of nitrogens with zero attached hydrogens (tertiary/aromatic N) is 1. The lowest BCUT2D eigenvalue weighted by molar-refractivity contribution is 0.370. The van der Waals surface area contributed by atoms with Gasteiger partial charge in [-0.2, -0.15) is 5.10 Å². The van der Waals surface area contributed by atoms with Crippen molar-refractivity contribution >= 4 is 17.0 Å². The lowest BCUT2D eigenvalue weighted by atomic mass is 10.0. The number of benzene rings is 2. The van der Waals surface area contributed by atoms with Gasteiger partial charge in [-0.05, 0) is 16.8 Å². The van der Waals surface area contributed by atoms with Gasteiger partial charge in [0.1, 0.15) is 12.4 Å². The van der Waals surface area contributed by atoms with Gasteiger partial charge in [0, 0.05) is 5.56 Å². The Bertz CT molecular complexity index is 597. The molecule has 3 heteroatoms. The molecule has 0 radical (unpaired) electrons. The van der Waals surface area contributed by atoms with Crippen molar-refractivity contribution in [2.24, 2.45) is 10.9 Å². The van der Waals surface area contributed by atoms with E-state index in [1.165, 1.54) is 0 Å². The highest BCUT2D eigenvalue weighted by Gasteiger charge is 2.06. The topological polar surface area (TPSA) is 47.6 Å². The van der Waals surface area contributed by atoms with E-state index in [0.717, 1.165) is 16.3 Å². The minimum Gasteiger partial charge on any atom is -0.480 e. The molecule has 0 amide bonds. The van der Waals surface area contributed by atoms with Crippen LogP contribution in [0.1, 0.15) is 5.56 Å². The molecule has 0 saturated heterocycles. The largest absolute Gasteiger partial charge is 0.480 e. The summed E-state index contributed by atoms with van der Waals surface area (Å²) in [5.74, 6) is 8.35. The molecule has 0 fully saturated rings. The molecule has 84 valence electrons. The molecule has 0 atom stereocenters. The van der Waals surface area contributed by atoms with Crippen LogP contribution in [0.25, 0.3) is 10.8 Å². The molecule has 3 nitrogen and oxygen atoms in total. The van der Waals surface area contributed by atoms with Crippen molar-refractivity contribution in [3.63, 3.8) is 0 Å². The Kier molecular flexibility index (Phi) is 3.27. The van der Waals surface area contributed by atoms with E-state index in [9.17, 15) is 0 Å². The average molecular weight is 224 g/mol. The summed E-state index contributed by atoms with van der Waals surface area (Å²) in [6.07, 6.45) is 6.76. The van der Waals surface area contributed by atoms with Gasteiger partial charge in [0.15, 0.2) is 0 Å². The van der Waals surface area contributed by atoms with Gasteiger partial charge in [0.2, 0.25) is 0 Å². The average Bonchev–Trinajstić information content (AvgIpc) is 2.38. The molecule has 0 aromatic heterocycles. The molecular formula is C14H12N2O. The van der Waals surface area contributed by atoms with E-state index in [0.29, 0.717) is 5.75 Å². The molecular weight excluding hydrogens is 212 g/mol.